The number of nitrogens with one attached hydrogen (secondary N) is 1. The quantitative estimate of drug-likeness (QED) is 0.0486. The highest BCUT2D eigenvalue weighted by Crippen LogP contribution is 2.41. The van der Waals surface area contributed by atoms with E-state index in [0.29, 0.717) is 61.7 Å². The molecule has 0 saturated carbocycles. The molecular formula is C64H50N4O10S3. The molecule has 0 fully saturated rings. The first-order chi connectivity index (χ1) is 39.6. The van der Waals surface area contributed by atoms with E-state index in [1.807, 2.05) is 152 Å². The summed E-state index contributed by atoms with van der Waals surface area (Å²) in [5, 5.41) is 20.8. The molecule has 2 atom stereocenters. The number of esters is 2. The molecule has 2 unspecified atom stereocenters. The number of hydrogen-bond donors (Lipinski definition) is 4. The van der Waals surface area contributed by atoms with Crippen LogP contribution in [0.5, 0.6) is 0 Å². The van der Waals surface area contributed by atoms with Crippen LogP contribution < -0.4 is 5.48 Å². The monoisotopic (exact) mass is 1130 g/mol. The summed E-state index contributed by atoms with van der Waals surface area (Å²) < 4.78 is 36.2. The van der Waals surface area contributed by atoms with Gasteiger partial charge in [0.15, 0.2) is 0 Å². The Kier molecular flexibility index (Phi) is 18.7. The second-order valence-electron chi connectivity index (χ2n) is 17.5. The number of nitrogens with zero attached hydrogens (tertiary/aromatic N) is 3. The van der Waals surface area contributed by atoms with Crippen molar-refractivity contribution in [3.05, 3.63) is 268 Å². The summed E-state index contributed by atoms with van der Waals surface area (Å²) in [5.41, 5.74) is 13.0. The number of hydrogen-bond acceptors (Lipinski definition) is 14. The molecule has 3 aliphatic rings. The van der Waals surface area contributed by atoms with Crippen LogP contribution in [0, 0.1) is 0 Å². The first kappa shape index (κ1) is 56.6. The first-order valence-corrected chi connectivity index (χ1v) is 28.4. The molecular weight excluding hydrogens is 1080 g/mol. The van der Waals surface area contributed by atoms with Gasteiger partial charge in [-0.25, -0.2) is 38.5 Å². The van der Waals surface area contributed by atoms with E-state index in [0.717, 1.165) is 60.3 Å². The van der Waals surface area contributed by atoms with E-state index < -0.39 is 27.5 Å². The number of fused-ring (bicyclic) bond motifs is 6. The van der Waals surface area contributed by atoms with Crippen molar-refractivity contribution in [3.8, 4) is 0 Å². The Morgan fingerprint density at radius 3 is 1.19 bits per heavy atom. The highest BCUT2D eigenvalue weighted by atomic mass is 32.2. The highest BCUT2D eigenvalue weighted by Gasteiger charge is 2.26. The van der Waals surface area contributed by atoms with Crippen molar-refractivity contribution < 1.29 is 48.0 Å². The van der Waals surface area contributed by atoms with E-state index in [2.05, 4.69) is 18.2 Å². The van der Waals surface area contributed by atoms with E-state index in [4.69, 9.17) is 40.2 Å². The number of benzene rings is 9. The Labute approximate surface area is 476 Å². The van der Waals surface area contributed by atoms with Gasteiger partial charge in [0.2, 0.25) is 0 Å². The van der Waals surface area contributed by atoms with Crippen molar-refractivity contribution in [2.45, 2.75) is 43.2 Å². The number of rotatable bonds is 8. The Balaban J connectivity index is 0.000000144. The number of ether oxygens (including phenoxy) is 2. The van der Waals surface area contributed by atoms with E-state index in [1.54, 1.807) is 79.6 Å². The van der Waals surface area contributed by atoms with Crippen molar-refractivity contribution >= 4 is 85.4 Å². The highest BCUT2D eigenvalue weighted by molar-refractivity contribution is 7.99. The molecule has 3 aliphatic heterocycles. The van der Waals surface area contributed by atoms with Crippen LogP contribution in [0.4, 0.5) is 17.1 Å². The summed E-state index contributed by atoms with van der Waals surface area (Å²) in [6, 6.07) is 67.7. The lowest BCUT2D eigenvalue weighted by Gasteiger charge is -2.09. The molecule has 0 aromatic heterocycles. The Hall–Kier alpha value is -9.07. The Morgan fingerprint density at radius 1 is 0.420 bits per heavy atom. The van der Waals surface area contributed by atoms with Gasteiger partial charge in [-0.15, -0.1) is 0 Å². The number of amides is 1. The molecule has 17 heteroatoms. The molecule has 9 aromatic rings. The molecule has 404 valence electrons. The summed E-state index contributed by atoms with van der Waals surface area (Å²) in [7, 11) is -2.63. The Bertz CT molecular complexity index is 3940. The maximum atomic E-state index is 13.1. The summed E-state index contributed by atoms with van der Waals surface area (Å²) in [6.45, 7) is 4.29. The van der Waals surface area contributed by atoms with Gasteiger partial charge in [0.1, 0.15) is 0 Å². The van der Waals surface area contributed by atoms with Crippen molar-refractivity contribution in [3.63, 3.8) is 0 Å². The zero-order chi connectivity index (χ0) is 56.8. The lowest BCUT2D eigenvalue weighted by Crippen LogP contribution is -2.18. The number of carbonyl (C=O) groups excluding carboxylic acids is 3. The van der Waals surface area contributed by atoms with Crippen molar-refractivity contribution in [2.75, 3.05) is 13.2 Å². The first-order valence-electron chi connectivity index (χ1n) is 25.3. The van der Waals surface area contributed by atoms with Crippen molar-refractivity contribution in [1.29, 1.82) is 0 Å². The summed E-state index contributed by atoms with van der Waals surface area (Å²) >= 11 is 1.73. The van der Waals surface area contributed by atoms with Crippen LogP contribution in [0.15, 0.2) is 263 Å². The van der Waals surface area contributed by atoms with E-state index in [-0.39, 0.29) is 11.9 Å². The van der Waals surface area contributed by atoms with Crippen LogP contribution in [0.2, 0.25) is 0 Å². The largest absolute Gasteiger partial charge is 0.462 e. The number of carbonyl (C=O) groups is 3. The third kappa shape index (κ3) is 12.7. The average Bonchev–Trinajstić information content (AvgIpc) is 3.86. The fourth-order valence-corrected chi connectivity index (χ4v) is 12.4. The van der Waals surface area contributed by atoms with Gasteiger partial charge in [-0.1, -0.05) is 139 Å². The third-order valence-electron chi connectivity index (χ3n) is 12.6. The molecule has 3 heterocycles. The minimum atomic E-state index is -1.33. The topological polar surface area (TPSA) is 214 Å². The Morgan fingerprint density at radius 2 is 0.753 bits per heavy atom. The lowest BCUT2D eigenvalue weighted by molar-refractivity contribution is -0.176. The van der Waals surface area contributed by atoms with E-state index in [1.165, 1.54) is 4.90 Å². The molecule has 0 saturated heterocycles. The fraction of sp³-hybridized carbons (Fsp3) is 0.0625. The number of hydroxylamine groups is 1. The van der Waals surface area contributed by atoms with Crippen molar-refractivity contribution in [2.24, 2.45) is 15.0 Å². The van der Waals surface area contributed by atoms with Gasteiger partial charge < -0.3 is 9.47 Å². The lowest BCUT2D eigenvalue weighted by atomic mass is 10.0. The smallest absolute Gasteiger partial charge is 0.338 e. The third-order valence-corrected chi connectivity index (χ3v) is 16.7. The molecule has 4 N–H and O–H groups in total. The number of aliphatic imine (C=N–C) groups is 3. The average molecular weight is 1130 g/mol. The predicted molar refractivity (Wildman–Crippen MR) is 314 cm³/mol. The van der Waals surface area contributed by atoms with Crippen LogP contribution >= 0.6 is 11.8 Å². The molecule has 81 heavy (non-hydrogen) atoms. The summed E-state index contributed by atoms with van der Waals surface area (Å²) in [4.78, 5) is 55.0. The molecule has 0 bridgehead atoms. The van der Waals surface area contributed by atoms with Gasteiger partial charge in [-0.2, -0.15) is 0 Å². The van der Waals surface area contributed by atoms with Crippen LogP contribution in [0.1, 0.15) is 78.3 Å². The zero-order valence-corrected chi connectivity index (χ0v) is 45.9. The zero-order valence-electron chi connectivity index (χ0n) is 43.5. The second kappa shape index (κ2) is 26.7. The number of para-hydroxylation sites is 3. The van der Waals surface area contributed by atoms with Crippen LogP contribution in [0.3, 0.4) is 0 Å². The van der Waals surface area contributed by atoms with Crippen LogP contribution in [-0.4, -0.2) is 72.3 Å². The molecule has 9 aromatic carbocycles. The van der Waals surface area contributed by atoms with Gasteiger partial charge in [0.25, 0.3) is 5.91 Å². The SMILES string of the molecule is CCOC(=O)c1ccc(C2=Nc3ccccc3S(=O)c3ccccc32)cc1.CCOC(=O)c1ccc(C2=Nc3ccccc3Sc3ccccc32)cc1.O=C(NO)c1ccc(C2=Nc3ccccc3S(=O)c3ccccc32)cc1.OO. The van der Waals surface area contributed by atoms with Crippen LogP contribution in [0.25, 0.3) is 0 Å². The molecule has 0 spiro atoms. The molecule has 1 amide bonds. The van der Waals surface area contributed by atoms with E-state index in [9.17, 15) is 22.8 Å². The maximum Gasteiger partial charge on any atom is 0.338 e. The van der Waals surface area contributed by atoms with Crippen LogP contribution in [-0.2, 0) is 31.1 Å². The normalized spacial score (nSPS) is 14.0. The minimum absolute atomic E-state index is 0.303. The van der Waals surface area contributed by atoms with Gasteiger partial charge >= 0.3 is 11.9 Å². The van der Waals surface area contributed by atoms with Gasteiger partial charge in [0, 0.05) is 48.7 Å². The maximum absolute atomic E-state index is 13.1. The minimum Gasteiger partial charge on any atom is -0.462 e. The fourth-order valence-electron chi connectivity index (χ4n) is 8.81. The van der Waals surface area contributed by atoms with E-state index >= 15 is 0 Å². The standard InChI is InChI=1S/C22H17NO3S.C22H17NO2S.C20H14N2O3S.H2O2/c1-2-26-22(24)16-13-11-15(12-14-16)21-17-7-3-5-9-19(17)27(25)20-10-6-4-8-18(20)23-21;1-2-25-22(24)16-13-11-15(12-14-16)21-17-7-3-5-9-19(17)26-20-10-6-4-8-18(20)23-21;23-20(22-24)14-11-9-13(10-12-14)19-15-5-1-3-7-17(15)26(25)18-8-4-2-6-16(18)21-19;1-2/h3-14H,2H2,1H3;3-14H,2H2,1H3;1-12,24H,(H,22,23);1-2H. The molecule has 14 nitrogen and oxygen atoms in total. The predicted octanol–water partition coefficient (Wildman–Crippen LogP) is 13.5. The molecule has 0 radical (unpaired) electrons. The summed E-state index contributed by atoms with van der Waals surface area (Å²) in [6.07, 6.45) is 0. The molecule has 0 aliphatic carbocycles. The van der Waals surface area contributed by atoms with Crippen molar-refractivity contribution in [1.82, 2.24) is 5.48 Å². The second-order valence-corrected chi connectivity index (χ2v) is 21.4. The molecule has 12 rings (SSSR count). The van der Waals surface area contributed by atoms with Gasteiger partial charge in [0.05, 0.1) is 99.7 Å². The van der Waals surface area contributed by atoms with Gasteiger partial charge in [-0.3, -0.25) is 20.5 Å². The van der Waals surface area contributed by atoms with Gasteiger partial charge in [-0.05, 0) is 105 Å². The summed E-state index contributed by atoms with van der Waals surface area (Å²) in [5.74, 6) is -1.23.